The Labute approximate surface area is 165 Å². The van der Waals surface area contributed by atoms with Crippen molar-refractivity contribution in [2.24, 2.45) is 5.92 Å². The first-order valence-electron chi connectivity index (χ1n) is 9.23. The van der Waals surface area contributed by atoms with Crippen molar-refractivity contribution in [3.8, 4) is 11.3 Å². The second kappa shape index (κ2) is 7.96. The lowest BCUT2D eigenvalue weighted by Crippen LogP contribution is -2.31. The lowest BCUT2D eigenvalue weighted by atomic mass is 10.0. The number of methoxy groups -OCH3 is 1. The molecule has 0 spiro atoms. The van der Waals surface area contributed by atoms with E-state index in [-0.39, 0.29) is 12.0 Å². The van der Waals surface area contributed by atoms with Crippen LogP contribution in [0.25, 0.3) is 22.0 Å². The van der Waals surface area contributed by atoms with E-state index in [0.717, 1.165) is 22.9 Å². The van der Waals surface area contributed by atoms with Crippen molar-refractivity contribution < 1.29 is 22.6 Å². The van der Waals surface area contributed by atoms with Gasteiger partial charge in [0.15, 0.2) is 5.82 Å². The molecule has 0 saturated carbocycles. The van der Waals surface area contributed by atoms with Crippen LogP contribution in [0.15, 0.2) is 48.5 Å². The Kier molecular flexibility index (Phi) is 5.38. The van der Waals surface area contributed by atoms with E-state index in [1.165, 1.54) is 12.1 Å². The van der Waals surface area contributed by atoms with Crippen LogP contribution in [0.2, 0.25) is 0 Å². The molecule has 1 saturated heterocycles. The predicted octanol–water partition coefficient (Wildman–Crippen LogP) is 4.39. The number of aromatic nitrogens is 2. The zero-order valence-corrected chi connectivity index (χ0v) is 15.7. The zero-order chi connectivity index (χ0) is 20.4. The molecule has 0 radical (unpaired) electrons. The minimum atomic E-state index is -4.37. The summed E-state index contributed by atoms with van der Waals surface area (Å²) in [4.78, 5) is 0. The second-order valence-electron chi connectivity index (χ2n) is 7.02. The highest BCUT2D eigenvalue weighted by molar-refractivity contribution is 6.00. The van der Waals surface area contributed by atoms with Crippen LogP contribution >= 0.6 is 0 Å². The summed E-state index contributed by atoms with van der Waals surface area (Å²) in [5.41, 5.74) is 0.424. The number of hydrogen-bond acceptors (Lipinski definition) is 5. The van der Waals surface area contributed by atoms with Gasteiger partial charge in [0.25, 0.3) is 0 Å². The molecule has 0 aliphatic carbocycles. The molecular weight excluding hydrogens is 383 g/mol. The van der Waals surface area contributed by atoms with Crippen LogP contribution in [-0.4, -0.2) is 43.2 Å². The molecule has 2 heterocycles. The molecule has 0 bridgehead atoms. The van der Waals surface area contributed by atoms with E-state index in [1.807, 2.05) is 24.3 Å². The number of anilines is 1. The first kappa shape index (κ1) is 19.6. The van der Waals surface area contributed by atoms with Crippen LogP contribution in [0.3, 0.4) is 0 Å². The number of hydrogen-bond donors (Lipinski definition) is 1. The second-order valence-corrected chi connectivity index (χ2v) is 7.02. The first-order valence-corrected chi connectivity index (χ1v) is 9.23. The molecule has 3 aromatic rings. The third-order valence-corrected chi connectivity index (χ3v) is 5.07. The van der Waals surface area contributed by atoms with Gasteiger partial charge in [-0.3, -0.25) is 0 Å². The van der Waals surface area contributed by atoms with E-state index >= 15 is 0 Å². The monoisotopic (exact) mass is 403 g/mol. The number of nitrogens with zero attached hydrogens (tertiary/aromatic N) is 2. The van der Waals surface area contributed by atoms with Crippen LogP contribution in [-0.2, 0) is 15.7 Å². The highest BCUT2D eigenvalue weighted by Crippen LogP contribution is 2.34. The largest absolute Gasteiger partial charge is 0.416 e. The molecule has 2 atom stereocenters. The van der Waals surface area contributed by atoms with Gasteiger partial charge in [-0.25, -0.2) is 0 Å². The molecule has 8 heteroatoms. The Bertz CT molecular complexity index is 993. The van der Waals surface area contributed by atoms with Crippen LogP contribution in [0.1, 0.15) is 5.56 Å². The summed E-state index contributed by atoms with van der Waals surface area (Å²) in [7, 11) is 1.66. The van der Waals surface area contributed by atoms with Gasteiger partial charge < -0.3 is 14.8 Å². The molecule has 1 fully saturated rings. The number of alkyl halides is 3. The van der Waals surface area contributed by atoms with Crippen molar-refractivity contribution in [3.05, 3.63) is 54.1 Å². The maximum atomic E-state index is 12.9. The van der Waals surface area contributed by atoms with Gasteiger partial charge in [-0.05, 0) is 12.1 Å². The van der Waals surface area contributed by atoms with Gasteiger partial charge in [0, 0.05) is 29.4 Å². The summed E-state index contributed by atoms with van der Waals surface area (Å²) in [5, 5.41) is 13.7. The first-order chi connectivity index (χ1) is 14.0. The molecule has 2 aromatic carbocycles. The Hall–Kier alpha value is -2.71. The Balaban J connectivity index is 1.69. The maximum Gasteiger partial charge on any atom is 0.416 e. The molecule has 0 amide bonds. The maximum absolute atomic E-state index is 12.9. The van der Waals surface area contributed by atoms with Gasteiger partial charge in [0.1, 0.15) is 5.69 Å². The molecule has 2 unspecified atom stereocenters. The van der Waals surface area contributed by atoms with Gasteiger partial charge in [-0.15, -0.1) is 10.2 Å². The fourth-order valence-electron chi connectivity index (χ4n) is 3.55. The Morgan fingerprint density at radius 3 is 2.45 bits per heavy atom. The smallest absolute Gasteiger partial charge is 0.384 e. The molecule has 1 aliphatic heterocycles. The average molecular weight is 403 g/mol. The van der Waals surface area contributed by atoms with Crippen LogP contribution < -0.4 is 5.32 Å². The zero-order valence-electron chi connectivity index (χ0n) is 15.7. The number of nitrogens with one attached hydrogen (secondary N) is 1. The van der Waals surface area contributed by atoms with Gasteiger partial charge in [-0.2, -0.15) is 13.2 Å². The lowest BCUT2D eigenvalue weighted by Gasteiger charge is -2.20. The highest BCUT2D eigenvalue weighted by atomic mass is 19.4. The van der Waals surface area contributed by atoms with Crippen molar-refractivity contribution >= 4 is 16.6 Å². The molecular formula is C21H20F3N3O2. The lowest BCUT2D eigenvalue weighted by molar-refractivity contribution is -0.137. The molecule has 1 N–H and O–H groups in total. The summed E-state index contributed by atoms with van der Waals surface area (Å²) < 4.78 is 49.4. The summed E-state index contributed by atoms with van der Waals surface area (Å²) in [6.45, 7) is 1.73. The van der Waals surface area contributed by atoms with E-state index < -0.39 is 11.7 Å². The van der Waals surface area contributed by atoms with Gasteiger partial charge in [0.2, 0.25) is 0 Å². The number of halogens is 3. The minimum absolute atomic E-state index is 0.0459. The quantitative estimate of drug-likeness (QED) is 0.685. The predicted molar refractivity (Wildman–Crippen MR) is 104 cm³/mol. The topological polar surface area (TPSA) is 56.3 Å². The van der Waals surface area contributed by atoms with Gasteiger partial charge in [0.05, 0.1) is 31.4 Å². The van der Waals surface area contributed by atoms with Crippen LogP contribution in [0.5, 0.6) is 0 Å². The minimum Gasteiger partial charge on any atom is -0.384 e. The molecule has 5 nitrogen and oxygen atoms in total. The van der Waals surface area contributed by atoms with Crippen molar-refractivity contribution in [1.82, 2.24) is 10.2 Å². The van der Waals surface area contributed by atoms with Gasteiger partial charge in [-0.1, -0.05) is 36.4 Å². The van der Waals surface area contributed by atoms with Crippen molar-refractivity contribution in [2.75, 3.05) is 32.2 Å². The van der Waals surface area contributed by atoms with E-state index in [9.17, 15) is 13.2 Å². The van der Waals surface area contributed by atoms with Crippen molar-refractivity contribution in [2.45, 2.75) is 12.2 Å². The molecule has 1 aromatic heterocycles. The van der Waals surface area contributed by atoms with Crippen molar-refractivity contribution in [3.63, 3.8) is 0 Å². The molecule has 152 valence electrons. The summed E-state index contributed by atoms with van der Waals surface area (Å²) in [5.74, 6) is 0.822. The van der Waals surface area contributed by atoms with E-state index in [0.29, 0.717) is 36.9 Å². The SMILES string of the molecule is COCC1COCC1Nc1nnc(-c2ccc(C(F)(F)F)cc2)c2ccccc12. The summed E-state index contributed by atoms with van der Waals surface area (Å²) >= 11 is 0. The van der Waals surface area contributed by atoms with Crippen molar-refractivity contribution in [1.29, 1.82) is 0 Å². The molecule has 29 heavy (non-hydrogen) atoms. The summed E-state index contributed by atoms with van der Waals surface area (Å²) in [6, 6.07) is 12.6. The fourth-order valence-corrected chi connectivity index (χ4v) is 3.55. The van der Waals surface area contributed by atoms with E-state index in [2.05, 4.69) is 15.5 Å². The third-order valence-electron chi connectivity index (χ3n) is 5.07. The standard InChI is InChI=1S/C21H20F3N3O2/c1-28-10-14-11-29-12-18(14)25-20-17-5-3-2-4-16(17)19(26-27-20)13-6-8-15(9-7-13)21(22,23)24/h2-9,14,18H,10-12H2,1H3,(H,25,27). The molecule has 4 rings (SSSR count). The molecule has 1 aliphatic rings. The van der Waals surface area contributed by atoms with E-state index in [4.69, 9.17) is 9.47 Å². The third kappa shape index (κ3) is 4.04. The number of ether oxygens (including phenoxy) is 2. The number of rotatable bonds is 5. The Morgan fingerprint density at radius 1 is 1.03 bits per heavy atom. The highest BCUT2D eigenvalue weighted by Gasteiger charge is 2.31. The van der Waals surface area contributed by atoms with Crippen LogP contribution in [0.4, 0.5) is 19.0 Å². The number of benzene rings is 2. The van der Waals surface area contributed by atoms with Gasteiger partial charge >= 0.3 is 6.18 Å². The average Bonchev–Trinajstić information content (AvgIpc) is 3.15. The van der Waals surface area contributed by atoms with Crippen LogP contribution in [0, 0.1) is 5.92 Å². The normalized spacial score (nSPS) is 19.6. The van der Waals surface area contributed by atoms with E-state index in [1.54, 1.807) is 7.11 Å². The summed E-state index contributed by atoms with van der Waals surface area (Å²) in [6.07, 6.45) is -4.37. The Morgan fingerprint density at radius 2 is 1.76 bits per heavy atom. The number of fused-ring (bicyclic) bond motifs is 1. The fraction of sp³-hybridized carbons (Fsp3) is 0.333.